The smallest absolute Gasteiger partial charge is 0.337 e. The van der Waals surface area contributed by atoms with Crippen LogP contribution in [0.4, 0.5) is 11.4 Å². The molecule has 0 amide bonds. The van der Waals surface area contributed by atoms with Crippen molar-refractivity contribution < 1.29 is 14.6 Å². The van der Waals surface area contributed by atoms with Gasteiger partial charge in [0.25, 0.3) is 5.56 Å². The van der Waals surface area contributed by atoms with E-state index in [0.717, 1.165) is 10.2 Å². The minimum Gasteiger partial charge on any atom is -0.497 e. The minimum atomic E-state index is -1.06. The van der Waals surface area contributed by atoms with Crippen LogP contribution in [0.15, 0.2) is 63.9 Å². The number of fused-ring (bicyclic) bond motifs is 2. The van der Waals surface area contributed by atoms with E-state index in [1.54, 1.807) is 44.4 Å². The van der Waals surface area contributed by atoms with Crippen molar-refractivity contribution >= 4 is 65.7 Å². The SMILES string of the molecule is COc1ccc2nc(-n3c(C)nc4ccc(Nc5ccc(Br)cc5C(=O)O)cc4c3=O)sc2c1. The lowest BCUT2D eigenvalue weighted by Crippen LogP contribution is -2.22. The molecular weight excluding hydrogens is 520 g/mol. The number of methoxy groups -OCH3 is 1. The van der Waals surface area contributed by atoms with Crippen LogP contribution in [0, 0.1) is 6.92 Å². The number of ether oxygens (including phenoxy) is 1. The van der Waals surface area contributed by atoms with Crippen molar-refractivity contribution in [1.82, 2.24) is 14.5 Å². The highest BCUT2D eigenvalue weighted by Crippen LogP contribution is 2.29. The third-order valence-corrected chi connectivity index (χ3v) is 6.80. The number of aromatic carboxylic acids is 1. The summed E-state index contributed by atoms with van der Waals surface area (Å²) in [6.45, 7) is 1.76. The van der Waals surface area contributed by atoms with Crippen molar-refractivity contribution in [2.75, 3.05) is 12.4 Å². The molecular formula is C24H17BrN4O4S. The van der Waals surface area contributed by atoms with Gasteiger partial charge >= 0.3 is 5.97 Å². The molecule has 0 atom stereocenters. The standard InChI is InChI=1S/C24H17BrN4O4S/c1-12-26-18-7-4-14(27-19-6-3-13(25)9-17(19)23(31)32)10-16(18)22(30)29(12)24-28-20-8-5-15(33-2)11-21(20)34-24/h3-11,27H,1-2H3,(H,31,32). The molecule has 34 heavy (non-hydrogen) atoms. The van der Waals surface area contributed by atoms with E-state index < -0.39 is 5.97 Å². The van der Waals surface area contributed by atoms with Crippen LogP contribution in [0.3, 0.4) is 0 Å². The second-order valence-electron chi connectivity index (χ2n) is 7.48. The van der Waals surface area contributed by atoms with Gasteiger partial charge in [-0.2, -0.15) is 0 Å². The number of carbonyl (C=O) groups is 1. The molecule has 0 fully saturated rings. The maximum atomic E-state index is 13.5. The Labute approximate surface area is 205 Å². The highest BCUT2D eigenvalue weighted by molar-refractivity contribution is 9.10. The summed E-state index contributed by atoms with van der Waals surface area (Å²) in [6.07, 6.45) is 0. The molecule has 10 heteroatoms. The number of thiazole rings is 1. The van der Waals surface area contributed by atoms with Gasteiger partial charge in [-0.15, -0.1) is 0 Å². The number of aryl methyl sites for hydroxylation is 1. The van der Waals surface area contributed by atoms with Gasteiger partial charge in [-0.05, 0) is 61.5 Å². The topological polar surface area (TPSA) is 106 Å². The average Bonchev–Trinajstić information content (AvgIpc) is 3.23. The molecule has 3 aromatic carbocycles. The lowest BCUT2D eigenvalue weighted by Gasteiger charge is -2.12. The maximum absolute atomic E-state index is 13.5. The number of nitrogens with one attached hydrogen (secondary N) is 1. The van der Waals surface area contributed by atoms with Crippen LogP contribution in [-0.4, -0.2) is 32.7 Å². The summed E-state index contributed by atoms with van der Waals surface area (Å²) in [6, 6.07) is 15.7. The van der Waals surface area contributed by atoms with Crippen LogP contribution in [0.1, 0.15) is 16.2 Å². The van der Waals surface area contributed by atoms with Crippen molar-refractivity contribution in [3.63, 3.8) is 0 Å². The molecule has 0 aliphatic carbocycles. The Morgan fingerprint density at radius 2 is 1.88 bits per heavy atom. The summed E-state index contributed by atoms with van der Waals surface area (Å²) in [5.74, 6) is 0.176. The van der Waals surface area contributed by atoms with E-state index in [1.807, 2.05) is 18.2 Å². The number of aromatic nitrogens is 3. The largest absolute Gasteiger partial charge is 0.497 e. The van der Waals surface area contributed by atoms with Crippen molar-refractivity contribution in [2.24, 2.45) is 0 Å². The number of carboxylic acids is 1. The number of nitrogens with zero attached hydrogens (tertiary/aromatic N) is 3. The number of carboxylic acid groups (broad SMARTS) is 1. The molecule has 0 radical (unpaired) electrons. The van der Waals surface area contributed by atoms with Crippen molar-refractivity contribution in [3.05, 3.63) is 80.8 Å². The quantitative estimate of drug-likeness (QED) is 0.304. The summed E-state index contributed by atoms with van der Waals surface area (Å²) in [4.78, 5) is 34.4. The van der Waals surface area contributed by atoms with Crippen molar-refractivity contribution in [1.29, 1.82) is 0 Å². The molecule has 0 aliphatic heterocycles. The van der Waals surface area contributed by atoms with Gasteiger partial charge in [0.2, 0.25) is 0 Å². The Morgan fingerprint density at radius 3 is 2.65 bits per heavy atom. The first-order chi connectivity index (χ1) is 16.3. The number of hydrogen-bond donors (Lipinski definition) is 2. The molecule has 0 spiro atoms. The highest BCUT2D eigenvalue weighted by Gasteiger charge is 2.16. The molecule has 170 valence electrons. The fourth-order valence-electron chi connectivity index (χ4n) is 3.67. The Morgan fingerprint density at radius 1 is 1.09 bits per heavy atom. The zero-order valence-electron chi connectivity index (χ0n) is 18.0. The van der Waals surface area contributed by atoms with E-state index in [0.29, 0.717) is 43.5 Å². The molecule has 2 heterocycles. The van der Waals surface area contributed by atoms with E-state index >= 15 is 0 Å². The first kappa shape index (κ1) is 22.1. The molecule has 0 saturated heterocycles. The summed E-state index contributed by atoms with van der Waals surface area (Å²) < 4.78 is 8.33. The van der Waals surface area contributed by atoms with E-state index in [2.05, 4.69) is 31.2 Å². The third kappa shape index (κ3) is 3.91. The average molecular weight is 537 g/mol. The van der Waals surface area contributed by atoms with Crippen LogP contribution in [0.5, 0.6) is 5.75 Å². The number of hydrogen-bond acceptors (Lipinski definition) is 7. The molecule has 0 bridgehead atoms. The monoisotopic (exact) mass is 536 g/mol. The number of rotatable bonds is 5. The van der Waals surface area contributed by atoms with Gasteiger partial charge in [0, 0.05) is 10.2 Å². The molecule has 8 nitrogen and oxygen atoms in total. The van der Waals surface area contributed by atoms with Crippen LogP contribution in [-0.2, 0) is 0 Å². The van der Waals surface area contributed by atoms with Gasteiger partial charge < -0.3 is 15.2 Å². The maximum Gasteiger partial charge on any atom is 0.337 e. The summed E-state index contributed by atoms with van der Waals surface area (Å²) >= 11 is 4.67. The zero-order valence-corrected chi connectivity index (χ0v) is 20.4. The Hall–Kier alpha value is -3.76. The highest BCUT2D eigenvalue weighted by atomic mass is 79.9. The second-order valence-corrected chi connectivity index (χ2v) is 9.41. The molecule has 0 unspecified atom stereocenters. The number of benzene rings is 3. The lowest BCUT2D eigenvalue weighted by atomic mass is 10.1. The Balaban J connectivity index is 1.61. The fourth-order valence-corrected chi connectivity index (χ4v) is 5.07. The van der Waals surface area contributed by atoms with Gasteiger partial charge in [-0.3, -0.25) is 4.79 Å². The van der Waals surface area contributed by atoms with Crippen LogP contribution < -0.4 is 15.6 Å². The van der Waals surface area contributed by atoms with Crippen LogP contribution >= 0.6 is 27.3 Å². The minimum absolute atomic E-state index is 0.110. The Bertz CT molecular complexity index is 1660. The Kier molecular flexibility index (Phi) is 5.54. The lowest BCUT2D eigenvalue weighted by molar-refractivity contribution is 0.0698. The van der Waals surface area contributed by atoms with Gasteiger partial charge in [-0.1, -0.05) is 27.3 Å². The van der Waals surface area contributed by atoms with Gasteiger partial charge in [0.15, 0.2) is 5.13 Å². The van der Waals surface area contributed by atoms with E-state index in [4.69, 9.17) is 4.74 Å². The van der Waals surface area contributed by atoms with E-state index in [1.165, 1.54) is 22.0 Å². The van der Waals surface area contributed by atoms with E-state index in [9.17, 15) is 14.7 Å². The molecule has 5 rings (SSSR count). The van der Waals surface area contributed by atoms with Crippen LogP contribution in [0.25, 0.3) is 26.3 Å². The summed E-state index contributed by atoms with van der Waals surface area (Å²) in [5.41, 5.74) is 2.14. The van der Waals surface area contributed by atoms with Gasteiger partial charge in [-0.25, -0.2) is 19.3 Å². The summed E-state index contributed by atoms with van der Waals surface area (Å²) in [5, 5.41) is 13.5. The summed E-state index contributed by atoms with van der Waals surface area (Å²) in [7, 11) is 1.60. The zero-order chi connectivity index (χ0) is 24.0. The van der Waals surface area contributed by atoms with Gasteiger partial charge in [0.05, 0.1) is 39.5 Å². The van der Waals surface area contributed by atoms with Crippen molar-refractivity contribution in [2.45, 2.75) is 6.92 Å². The second kappa shape index (κ2) is 8.54. The van der Waals surface area contributed by atoms with Gasteiger partial charge in [0.1, 0.15) is 11.6 Å². The fraction of sp³-hybridized carbons (Fsp3) is 0.0833. The molecule has 2 N–H and O–H groups in total. The first-order valence-electron chi connectivity index (χ1n) is 10.1. The predicted octanol–water partition coefficient (Wildman–Crippen LogP) is 5.52. The van der Waals surface area contributed by atoms with Crippen molar-refractivity contribution in [3.8, 4) is 10.9 Å². The molecule has 5 aromatic rings. The molecule has 0 saturated carbocycles. The van der Waals surface area contributed by atoms with E-state index in [-0.39, 0.29) is 11.1 Å². The predicted molar refractivity (Wildman–Crippen MR) is 136 cm³/mol. The normalized spacial score (nSPS) is 11.1. The molecule has 0 aliphatic rings. The number of halogens is 1. The first-order valence-corrected chi connectivity index (χ1v) is 11.7. The molecule has 2 aromatic heterocycles. The number of anilines is 2. The third-order valence-electron chi connectivity index (χ3n) is 5.30. The van der Waals surface area contributed by atoms with Crippen LogP contribution in [0.2, 0.25) is 0 Å².